The van der Waals surface area contributed by atoms with E-state index < -0.39 is 27.9 Å². The molecule has 46 heavy (non-hydrogen) atoms. The van der Waals surface area contributed by atoms with Crippen molar-refractivity contribution >= 4 is 33.0 Å². The van der Waals surface area contributed by atoms with Gasteiger partial charge in [-0.05, 0) is 79.6 Å². The van der Waals surface area contributed by atoms with Gasteiger partial charge in [0.15, 0.2) is 0 Å². The second-order valence-corrected chi connectivity index (χ2v) is 12.8. The average Bonchev–Trinajstić information content (AvgIpc) is 3.04. The molecule has 9 nitrogen and oxygen atoms in total. The van der Waals surface area contributed by atoms with Crippen molar-refractivity contribution in [1.29, 1.82) is 0 Å². The van der Waals surface area contributed by atoms with Crippen LogP contribution in [0.15, 0.2) is 96.0 Å². The third kappa shape index (κ3) is 9.03. The molecule has 0 unspecified atom stereocenters. The topological polar surface area (TPSA) is 113 Å². The van der Waals surface area contributed by atoms with Crippen LogP contribution in [0.2, 0.25) is 5.02 Å². The Morgan fingerprint density at radius 2 is 1.65 bits per heavy atom. The van der Waals surface area contributed by atoms with Gasteiger partial charge >= 0.3 is 6.18 Å². The first-order valence-corrected chi connectivity index (χ1v) is 16.3. The Morgan fingerprint density at radius 3 is 2.28 bits per heavy atom. The summed E-state index contributed by atoms with van der Waals surface area (Å²) in [5, 5.41) is 13.3. The molecule has 1 aliphatic rings. The lowest BCUT2D eigenvalue weighted by molar-refractivity contribution is -0.137. The van der Waals surface area contributed by atoms with Crippen LogP contribution >= 0.6 is 11.6 Å². The van der Waals surface area contributed by atoms with Crippen molar-refractivity contribution < 1.29 is 36.2 Å². The van der Waals surface area contributed by atoms with Crippen molar-refractivity contribution in [3.63, 3.8) is 0 Å². The Bertz CT molecular complexity index is 1690. The van der Waals surface area contributed by atoms with Crippen LogP contribution in [0.1, 0.15) is 18.4 Å². The molecule has 0 spiro atoms. The number of aliphatic hydroxyl groups excluding tert-OH is 1. The molecule has 1 aromatic heterocycles. The van der Waals surface area contributed by atoms with Crippen molar-refractivity contribution in [2.75, 3.05) is 35.9 Å². The summed E-state index contributed by atoms with van der Waals surface area (Å²) in [6.07, 6.45) is -2.83. The quantitative estimate of drug-likeness (QED) is 0.159. The van der Waals surface area contributed by atoms with Crippen molar-refractivity contribution in [2.24, 2.45) is 0 Å². The first kappa shape index (κ1) is 33.3. The van der Waals surface area contributed by atoms with Crippen LogP contribution in [-0.2, 0) is 16.2 Å². The number of piperidine rings is 1. The molecule has 0 amide bonds. The molecule has 1 fully saturated rings. The predicted octanol–water partition coefficient (Wildman–Crippen LogP) is 6.35. The highest BCUT2D eigenvalue weighted by molar-refractivity contribution is 7.92. The number of hydrogen-bond acceptors (Lipinski definition) is 8. The van der Waals surface area contributed by atoms with Gasteiger partial charge in [-0.1, -0.05) is 29.8 Å². The molecule has 14 heteroatoms. The molecular formula is C32H32ClF3N4O5S. The molecule has 5 rings (SSSR count). The van der Waals surface area contributed by atoms with E-state index in [1.54, 1.807) is 12.1 Å². The highest BCUT2D eigenvalue weighted by atomic mass is 35.5. The van der Waals surface area contributed by atoms with Crippen LogP contribution in [0.25, 0.3) is 0 Å². The minimum absolute atomic E-state index is 0.0401. The number of halogens is 4. The number of aliphatic hydroxyl groups is 1. The van der Waals surface area contributed by atoms with Gasteiger partial charge in [0.2, 0.25) is 5.88 Å². The molecule has 4 aromatic rings. The smallest absolute Gasteiger partial charge is 0.417 e. The molecule has 1 atom stereocenters. The van der Waals surface area contributed by atoms with Crippen molar-refractivity contribution in [3.8, 4) is 17.4 Å². The fraction of sp³-hybridized carbons (Fsp3) is 0.281. The van der Waals surface area contributed by atoms with Gasteiger partial charge < -0.3 is 24.8 Å². The highest BCUT2D eigenvalue weighted by Crippen LogP contribution is 2.35. The number of alkyl halides is 3. The van der Waals surface area contributed by atoms with E-state index in [2.05, 4.69) is 19.9 Å². The summed E-state index contributed by atoms with van der Waals surface area (Å²) in [5.74, 6) is 0.621. The lowest BCUT2D eigenvalue weighted by atomic mass is 10.0. The number of aromatic nitrogens is 1. The number of hydrogen-bond donors (Lipinski definition) is 3. The number of para-hydroxylation sites is 1. The van der Waals surface area contributed by atoms with Crippen molar-refractivity contribution in [1.82, 2.24) is 10.3 Å². The molecule has 3 N–H and O–H groups in total. The zero-order valence-corrected chi connectivity index (χ0v) is 26.0. The summed E-state index contributed by atoms with van der Waals surface area (Å²) in [6.45, 7) is 2.26. The molecule has 1 saturated heterocycles. The molecule has 0 aliphatic carbocycles. The molecule has 1 aliphatic heterocycles. The van der Waals surface area contributed by atoms with E-state index >= 15 is 0 Å². The molecule has 2 heterocycles. The first-order valence-electron chi connectivity index (χ1n) is 14.4. The van der Waals surface area contributed by atoms with Crippen LogP contribution in [0.4, 0.5) is 24.5 Å². The number of pyridine rings is 1. The average molecular weight is 677 g/mol. The number of nitrogens with zero attached hydrogens (tertiary/aromatic N) is 2. The van der Waals surface area contributed by atoms with Gasteiger partial charge in [-0.15, -0.1) is 0 Å². The molecule has 3 aromatic carbocycles. The highest BCUT2D eigenvalue weighted by Gasteiger charge is 2.32. The van der Waals surface area contributed by atoms with E-state index in [1.165, 1.54) is 24.3 Å². The summed E-state index contributed by atoms with van der Waals surface area (Å²) < 4.78 is 78.0. The minimum Gasteiger partial charge on any atom is -0.491 e. The number of sulfonamides is 1. The zero-order chi connectivity index (χ0) is 32.7. The SMILES string of the molecule is O=S(=O)(Nc1ccc(N2CCC(NC[C@H](O)COc3ccccc3)CC2)cc1)c1ccc(Oc2ncc(C(F)(F)F)cc2Cl)cc1. The van der Waals surface area contributed by atoms with Gasteiger partial charge in [0.25, 0.3) is 10.0 Å². The number of ether oxygens (including phenoxy) is 2. The molecule has 0 saturated carbocycles. The van der Waals surface area contributed by atoms with E-state index in [0.29, 0.717) is 24.5 Å². The number of anilines is 2. The maximum atomic E-state index is 13.0. The monoisotopic (exact) mass is 676 g/mol. The Morgan fingerprint density at radius 1 is 0.978 bits per heavy atom. The fourth-order valence-electron chi connectivity index (χ4n) is 4.82. The second-order valence-electron chi connectivity index (χ2n) is 10.7. The summed E-state index contributed by atoms with van der Waals surface area (Å²) in [7, 11) is -3.94. The third-order valence-corrected chi connectivity index (χ3v) is 8.96. The van der Waals surface area contributed by atoms with E-state index in [-0.39, 0.29) is 34.2 Å². The Hall–Kier alpha value is -4.04. The summed E-state index contributed by atoms with van der Waals surface area (Å²) in [6, 6.07) is 22.7. The van der Waals surface area contributed by atoms with Gasteiger partial charge in [-0.3, -0.25) is 4.72 Å². The lowest BCUT2D eigenvalue weighted by Gasteiger charge is -2.34. The molecule has 0 bridgehead atoms. The summed E-state index contributed by atoms with van der Waals surface area (Å²) in [4.78, 5) is 5.80. The van der Waals surface area contributed by atoms with E-state index in [0.717, 1.165) is 37.4 Å². The molecule has 244 valence electrons. The maximum Gasteiger partial charge on any atom is 0.417 e. The van der Waals surface area contributed by atoms with Crippen LogP contribution in [0, 0.1) is 0 Å². The number of rotatable bonds is 12. The Balaban J connectivity index is 1.08. The Kier molecular flexibility index (Phi) is 10.6. The van der Waals surface area contributed by atoms with Crippen LogP contribution in [-0.4, -0.2) is 56.9 Å². The molecular weight excluding hydrogens is 645 g/mol. The largest absolute Gasteiger partial charge is 0.491 e. The van der Waals surface area contributed by atoms with Gasteiger partial charge in [-0.25, -0.2) is 13.4 Å². The Labute approximate surface area is 270 Å². The van der Waals surface area contributed by atoms with Gasteiger partial charge in [0, 0.05) is 43.2 Å². The standard InChI is InChI=1S/C32H32ClF3N4O5S/c33-30-18-22(32(34,35)36)19-38-31(30)45-28-10-12-29(13-11-28)46(42,43)39-24-6-8-25(9-7-24)40-16-14-23(15-17-40)37-20-26(41)21-44-27-4-2-1-3-5-27/h1-13,18-19,23,26,37,39,41H,14-17,20-21H2/t26-/m0/s1. The lowest BCUT2D eigenvalue weighted by Crippen LogP contribution is -2.45. The number of benzene rings is 3. The predicted molar refractivity (Wildman–Crippen MR) is 169 cm³/mol. The van der Waals surface area contributed by atoms with Crippen LogP contribution in [0.5, 0.6) is 17.4 Å². The van der Waals surface area contributed by atoms with Gasteiger partial charge in [0.1, 0.15) is 29.2 Å². The van der Waals surface area contributed by atoms with E-state index in [1.807, 2.05) is 42.5 Å². The number of nitrogens with one attached hydrogen (secondary N) is 2. The summed E-state index contributed by atoms with van der Waals surface area (Å²) >= 11 is 5.88. The second kappa shape index (κ2) is 14.6. The zero-order valence-electron chi connectivity index (χ0n) is 24.5. The van der Waals surface area contributed by atoms with Crippen LogP contribution < -0.4 is 24.4 Å². The van der Waals surface area contributed by atoms with E-state index in [4.69, 9.17) is 21.1 Å². The third-order valence-electron chi connectivity index (χ3n) is 7.29. The summed E-state index contributed by atoms with van der Waals surface area (Å²) in [5.41, 5.74) is 0.337. The van der Waals surface area contributed by atoms with E-state index in [9.17, 15) is 26.7 Å². The first-order chi connectivity index (χ1) is 22.0. The minimum atomic E-state index is -4.60. The normalized spacial score (nSPS) is 14.9. The van der Waals surface area contributed by atoms with Gasteiger partial charge in [-0.2, -0.15) is 13.2 Å². The van der Waals surface area contributed by atoms with Crippen molar-refractivity contribution in [3.05, 3.63) is 102 Å². The van der Waals surface area contributed by atoms with Crippen LogP contribution in [0.3, 0.4) is 0 Å². The fourth-order valence-corrected chi connectivity index (χ4v) is 6.08. The van der Waals surface area contributed by atoms with Crippen molar-refractivity contribution in [2.45, 2.75) is 36.1 Å². The maximum absolute atomic E-state index is 13.0. The van der Waals surface area contributed by atoms with Gasteiger partial charge in [0.05, 0.1) is 10.5 Å². The molecule has 0 radical (unpaired) electrons.